The van der Waals surface area contributed by atoms with Gasteiger partial charge in [0.25, 0.3) is 0 Å². The first-order chi connectivity index (χ1) is 8.19. The highest BCUT2D eigenvalue weighted by molar-refractivity contribution is 9.10. The molecule has 1 aromatic carbocycles. The Hall–Kier alpha value is -1.00. The highest BCUT2D eigenvalue weighted by atomic mass is 79.9. The molecule has 0 unspecified atom stereocenters. The molecule has 1 heterocycles. The van der Waals surface area contributed by atoms with Crippen molar-refractivity contribution in [3.05, 3.63) is 45.9 Å². The zero-order chi connectivity index (χ0) is 12.3. The molecule has 0 saturated carbocycles. The molecule has 0 bridgehead atoms. The van der Waals surface area contributed by atoms with E-state index in [1.165, 1.54) is 0 Å². The molecule has 2 aromatic rings. The van der Waals surface area contributed by atoms with Crippen LogP contribution in [0.3, 0.4) is 0 Å². The maximum atomic E-state index is 5.79. The van der Waals surface area contributed by atoms with Gasteiger partial charge in [0.15, 0.2) is 4.73 Å². The van der Waals surface area contributed by atoms with Crippen molar-refractivity contribution in [3.63, 3.8) is 0 Å². The second-order valence-electron chi connectivity index (χ2n) is 3.53. The number of hydrogen-bond acceptors (Lipinski definition) is 2. The van der Waals surface area contributed by atoms with Crippen LogP contribution in [-0.2, 0) is 13.2 Å². The minimum Gasteiger partial charge on any atom is -0.487 e. The Morgan fingerprint density at radius 2 is 2.06 bits per heavy atom. The summed E-state index contributed by atoms with van der Waals surface area (Å²) in [5, 5.41) is 0.704. The second kappa shape index (κ2) is 5.56. The summed E-state index contributed by atoms with van der Waals surface area (Å²) < 4.78 is 8.45. The molecule has 0 fully saturated rings. The fourth-order valence-electron chi connectivity index (χ4n) is 1.42. The number of halogens is 2. The molecule has 0 N–H and O–H groups in total. The summed E-state index contributed by atoms with van der Waals surface area (Å²) in [6, 6.07) is 7.29. The molecular weight excluding hydrogens is 304 g/mol. The lowest BCUT2D eigenvalue weighted by atomic mass is 10.3. The molecule has 0 radical (unpaired) electrons. The monoisotopic (exact) mass is 314 g/mol. The van der Waals surface area contributed by atoms with Gasteiger partial charge in [0.1, 0.15) is 12.4 Å². The second-order valence-corrected chi connectivity index (χ2v) is 4.68. The average Bonchev–Trinajstić information content (AvgIpc) is 2.69. The van der Waals surface area contributed by atoms with E-state index in [2.05, 4.69) is 27.8 Å². The van der Waals surface area contributed by atoms with Gasteiger partial charge in [-0.15, -0.1) is 0 Å². The molecule has 2 rings (SSSR count). The number of hydrogen-bond donors (Lipinski definition) is 0. The Kier molecular flexibility index (Phi) is 4.07. The number of ether oxygens (including phenoxy) is 1. The van der Waals surface area contributed by atoms with Gasteiger partial charge in [-0.2, -0.15) is 0 Å². The SMILES string of the molecule is CCn1cc(COc2ccc(Cl)cc2)nc1Br. The van der Waals surface area contributed by atoms with Crippen LogP contribution < -0.4 is 4.74 Å². The largest absolute Gasteiger partial charge is 0.487 e. The van der Waals surface area contributed by atoms with Gasteiger partial charge in [-0.05, 0) is 47.1 Å². The molecule has 0 aliphatic rings. The maximum Gasteiger partial charge on any atom is 0.177 e. The molecule has 0 saturated heterocycles. The van der Waals surface area contributed by atoms with Crippen LogP contribution in [0.5, 0.6) is 5.75 Å². The molecular formula is C12H12BrClN2O. The maximum absolute atomic E-state index is 5.79. The van der Waals surface area contributed by atoms with Gasteiger partial charge in [0.05, 0.1) is 5.69 Å². The van der Waals surface area contributed by atoms with Gasteiger partial charge >= 0.3 is 0 Å². The van der Waals surface area contributed by atoms with Crippen LogP contribution >= 0.6 is 27.5 Å². The van der Waals surface area contributed by atoms with E-state index in [1.54, 1.807) is 12.1 Å². The van der Waals surface area contributed by atoms with Crippen LogP contribution in [-0.4, -0.2) is 9.55 Å². The molecule has 90 valence electrons. The van der Waals surface area contributed by atoms with Crippen molar-refractivity contribution in [3.8, 4) is 5.75 Å². The first-order valence-corrected chi connectivity index (χ1v) is 6.46. The van der Waals surface area contributed by atoms with Crippen LogP contribution in [0.15, 0.2) is 35.2 Å². The lowest BCUT2D eigenvalue weighted by molar-refractivity contribution is 0.301. The van der Waals surface area contributed by atoms with E-state index in [9.17, 15) is 0 Å². The third kappa shape index (κ3) is 3.23. The molecule has 0 spiro atoms. The van der Waals surface area contributed by atoms with Gasteiger partial charge in [0.2, 0.25) is 0 Å². The van der Waals surface area contributed by atoms with Crippen LogP contribution in [0, 0.1) is 0 Å². The third-order valence-corrected chi connectivity index (χ3v) is 3.20. The van der Waals surface area contributed by atoms with Gasteiger partial charge in [0, 0.05) is 17.8 Å². The molecule has 0 aliphatic heterocycles. The summed E-state index contributed by atoms with van der Waals surface area (Å²) in [6.07, 6.45) is 1.97. The predicted octanol–water partition coefficient (Wildman–Crippen LogP) is 3.90. The average molecular weight is 316 g/mol. The highest BCUT2D eigenvalue weighted by Gasteiger charge is 2.04. The van der Waals surface area contributed by atoms with Gasteiger partial charge in [-0.25, -0.2) is 4.98 Å². The minimum atomic E-state index is 0.452. The van der Waals surface area contributed by atoms with Gasteiger partial charge in [-0.1, -0.05) is 11.6 Å². The van der Waals surface area contributed by atoms with Crippen LogP contribution in [0.1, 0.15) is 12.6 Å². The zero-order valence-corrected chi connectivity index (χ0v) is 11.7. The Balaban J connectivity index is 1.99. The number of benzene rings is 1. The number of rotatable bonds is 4. The summed E-state index contributed by atoms with van der Waals surface area (Å²) in [6.45, 7) is 3.40. The molecule has 17 heavy (non-hydrogen) atoms. The van der Waals surface area contributed by atoms with E-state index in [1.807, 2.05) is 22.9 Å². The molecule has 5 heteroatoms. The summed E-state index contributed by atoms with van der Waals surface area (Å²) >= 11 is 9.19. The summed E-state index contributed by atoms with van der Waals surface area (Å²) in [7, 11) is 0. The third-order valence-electron chi connectivity index (χ3n) is 2.32. The minimum absolute atomic E-state index is 0.452. The van der Waals surface area contributed by atoms with E-state index in [0.29, 0.717) is 11.6 Å². The van der Waals surface area contributed by atoms with E-state index < -0.39 is 0 Å². The summed E-state index contributed by atoms with van der Waals surface area (Å²) in [5.74, 6) is 0.788. The Morgan fingerprint density at radius 1 is 1.35 bits per heavy atom. The van der Waals surface area contributed by atoms with Crippen molar-refractivity contribution in [2.24, 2.45) is 0 Å². The van der Waals surface area contributed by atoms with E-state index in [0.717, 1.165) is 22.7 Å². The van der Waals surface area contributed by atoms with Crippen LogP contribution in [0.2, 0.25) is 5.02 Å². The van der Waals surface area contributed by atoms with Crippen molar-refractivity contribution in [1.29, 1.82) is 0 Å². The van der Waals surface area contributed by atoms with E-state index in [4.69, 9.17) is 16.3 Å². The lowest BCUT2D eigenvalue weighted by Gasteiger charge is -2.03. The molecule has 0 atom stereocenters. The summed E-state index contributed by atoms with van der Waals surface area (Å²) in [5.41, 5.74) is 0.897. The fourth-order valence-corrected chi connectivity index (χ4v) is 2.13. The zero-order valence-electron chi connectivity index (χ0n) is 9.36. The topological polar surface area (TPSA) is 27.1 Å². The first-order valence-electron chi connectivity index (χ1n) is 5.29. The highest BCUT2D eigenvalue weighted by Crippen LogP contribution is 2.17. The van der Waals surface area contributed by atoms with Crippen LogP contribution in [0.4, 0.5) is 0 Å². The fraction of sp³-hybridized carbons (Fsp3) is 0.250. The van der Waals surface area contributed by atoms with Crippen molar-refractivity contribution in [1.82, 2.24) is 9.55 Å². The Morgan fingerprint density at radius 3 is 2.65 bits per heavy atom. The normalized spacial score (nSPS) is 10.5. The van der Waals surface area contributed by atoms with Gasteiger partial charge in [-0.3, -0.25) is 0 Å². The molecule has 1 aromatic heterocycles. The van der Waals surface area contributed by atoms with Gasteiger partial charge < -0.3 is 9.30 Å². The smallest absolute Gasteiger partial charge is 0.177 e. The van der Waals surface area contributed by atoms with Crippen molar-refractivity contribution >= 4 is 27.5 Å². The summed E-state index contributed by atoms with van der Waals surface area (Å²) in [4.78, 5) is 4.34. The quantitative estimate of drug-likeness (QED) is 0.855. The first kappa shape index (κ1) is 12.5. The lowest BCUT2D eigenvalue weighted by Crippen LogP contribution is -1.95. The van der Waals surface area contributed by atoms with E-state index >= 15 is 0 Å². The van der Waals surface area contributed by atoms with E-state index in [-0.39, 0.29) is 0 Å². The number of aryl methyl sites for hydroxylation is 1. The number of nitrogens with zero attached hydrogens (tertiary/aromatic N) is 2. The molecule has 0 amide bonds. The standard InChI is InChI=1S/C12H12BrClN2O/c1-2-16-7-10(15-12(16)13)8-17-11-5-3-9(14)4-6-11/h3-7H,2,8H2,1H3. The molecule has 0 aliphatic carbocycles. The Bertz CT molecular complexity index is 496. The molecule has 3 nitrogen and oxygen atoms in total. The number of imidazole rings is 1. The predicted molar refractivity (Wildman–Crippen MR) is 71.4 cm³/mol. The van der Waals surface area contributed by atoms with Crippen molar-refractivity contribution in [2.45, 2.75) is 20.1 Å². The van der Waals surface area contributed by atoms with Crippen molar-refractivity contribution < 1.29 is 4.74 Å². The van der Waals surface area contributed by atoms with Crippen LogP contribution in [0.25, 0.3) is 0 Å². The number of aromatic nitrogens is 2. The Labute approximate surface area is 114 Å². The van der Waals surface area contributed by atoms with Crippen molar-refractivity contribution in [2.75, 3.05) is 0 Å².